The molecule has 1 fully saturated rings. The summed E-state index contributed by atoms with van der Waals surface area (Å²) in [5.41, 5.74) is 6.89. The summed E-state index contributed by atoms with van der Waals surface area (Å²) in [6, 6.07) is 8.03. The fraction of sp³-hybridized carbons (Fsp3) is 0.562. The predicted molar refractivity (Wildman–Crippen MR) is 79.2 cm³/mol. The summed E-state index contributed by atoms with van der Waals surface area (Å²) < 4.78 is 0. The molecule has 104 valence electrons. The molecule has 0 radical (unpaired) electrons. The lowest BCUT2D eigenvalue weighted by atomic mass is 9.98. The van der Waals surface area contributed by atoms with E-state index in [1.54, 1.807) is 6.07 Å². The van der Waals surface area contributed by atoms with Crippen LogP contribution in [0.3, 0.4) is 0 Å². The molecule has 3 N–H and O–H groups in total. The second-order valence-electron chi connectivity index (χ2n) is 5.57. The van der Waals surface area contributed by atoms with Crippen molar-refractivity contribution in [2.75, 3.05) is 5.32 Å². The van der Waals surface area contributed by atoms with Crippen LogP contribution in [-0.2, 0) is 0 Å². The van der Waals surface area contributed by atoms with Gasteiger partial charge in [-0.3, -0.25) is 4.79 Å². The van der Waals surface area contributed by atoms with Crippen molar-refractivity contribution < 1.29 is 4.79 Å². The molecule has 0 aliphatic heterocycles. The van der Waals surface area contributed by atoms with E-state index in [2.05, 4.69) is 12.2 Å². The van der Waals surface area contributed by atoms with Crippen LogP contribution >= 0.6 is 0 Å². The molecule has 3 heteroatoms. The van der Waals surface area contributed by atoms with Crippen LogP contribution < -0.4 is 11.1 Å². The molecule has 1 aromatic rings. The molecule has 3 nitrogen and oxygen atoms in total. The van der Waals surface area contributed by atoms with Gasteiger partial charge in [-0.1, -0.05) is 32.3 Å². The lowest BCUT2D eigenvalue weighted by molar-refractivity contribution is 0.100. The Hall–Kier alpha value is -1.51. The fourth-order valence-corrected chi connectivity index (χ4v) is 2.93. The number of amides is 1. The first-order valence-corrected chi connectivity index (χ1v) is 7.35. The average Bonchev–Trinajstić information content (AvgIpc) is 2.64. The number of benzene rings is 1. The number of primary amides is 1. The molecule has 2 atom stereocenters. The van der Waals surface area contributed by atoms with Crippen molar-refractivity contribution in [2.45, 2.75) is 51.5 Å². The second-order valence-corrected chi connectivity index (χ2v) is 5.57. The van der Waals surface area contributed by atoms with E-state index in [9.17, 15) is 4.79 Å². The molecule has 0 aromatic heterocycles. The minimum absolute atomic E-state index is 0.365. The number of nitrogens with one attached hydrogen (secondary N) is 1. The zero-order valence-corrected chi connectivity index (χ0v) is 11.7. The Morgan fingerprint density at radius 1 is 1.32 bits per heavy atom. The summed E-state index contributed by atoms with van der Waals surface area (Å²) in [7, 11) is 0. The van der Waals surface area contributed by atoms with Crippen LogP contribution in [0.1, 0.15) is 55.8 Å². The Morgan fingerprint density at radius 2 is 2.16 bits per heavy atom. The topological polar surface area (TPSA) is 55.1 Å². The molecular weight excluding hydrogens is 236 g/mol. The Balaban J connectivity index is 1.97. The first kappa shape index (κ1) is 13.9. The van der Waals surface area contributed by atoms with Crippen molar-refractivity contribution >= 4 is 11.6 Å². The number of anilines is 1. The number of nitrogens with two attached hydrogens (primary N) is 1. The van der Waals surface area contributed by atoms with Crippen molar-refractivity contribution in [1.82, 2.24) is 0 Å². The quantitative estimate of drug-likeness (QED) is 0.813. The van der Waals surface area contributed by atoms with E-state index in [0.717, 1.165) is 11.6 Å². The molecule has 0 heterocycles. The van der Waals surface area contributed by atoms with Gasteiger partial charge in [0.05, 0.1) is 0 Å². The summed E-state index contributed by atoms with van der Waals surface area (Å²) >= 11 is 0. The Labute approximate surface area is 115 Å². The molecule has 1 aliphatic carbocycles. The molecule has 0 bridgehead atoms. The molecule has 1 amide bonds. The highest BCUT2D eigenvalue weighted by Crippen LogP contribution is 2.27. The van der Waals surface area contributed by atoms with Gasteiger partial charge in [0.1, 0.15) is 0 Å². The van der Waals surface area contributed by atoms with Gasteiger partial charge >= 0.3 is 0 Å². The number of carbonyl (C=O) groups excluding carboxylic acids is 1. The Bertz CT molecular complexity index is 431. The number of carbonyl (C=O) groups is 1. The largest absolute Gasteiger partial charge is 0.382 e. The van der Waals surface area contributed by atoms with Crippen LogP contribution in [0.5, 0.6) is 0 Å². The summed E-state index contributed by atoms with van der Waals surface area (Å²) in [4.78, 5) is 11.2. The van der Waals surface area contributed by atoms with Gasteiger partial charge in [-0.05, 0) is 43.4 Å². The minimum atomic E-state index is -0.365. The zero-order valence-electron chi connectivity index (χ0n) is 11.7. The summed E-state index contributed by atoms with van der Waals surface area (Å²) in [5.74, 6) is 0.527. The Kier molecular flexibility index (Phi) is 4.83. The molecule has 1 aromatic carbocycles. The third-order valence-corrected chi connectivity index (χ3v) is 4.18. The van der Waals surface area contributed by atoms with E-state index in [1.807, 2.05) is 18.2 Å². The van der Waals surface area contributed by atoms with Crippen LogP contribution in [0.4, 0.5) is 5.69 Å². The van der Waals surface area contributed by atoms with Crippen molar-refractivity contribution in [2.24, 2.45) is 11.7 Å². The lowest BCUT2D eigenvalue weighted by Crippen LogP contribution is -2.19. The second kappa shape index (κ2) is 6.60. The normalized spacial score (nSPS) is 23.6. The van der Waals surface area contributed by atoms with Gasteiger partial charge in [-0.25, -0.2) is 0 Å². The molecule has 19 heavy (non-hydrogen) atoms. The number of rotatable bonds is 4. The van der Waals surface area contributed by atoms with Gasteiger partial charge in [-0.2, -0.15) is 0 Å². The highest BCUT2D eigenvalue weighted by atomic mass is 16.1. The Morgan fingerprint density at radius 3 is 2.89 bits per heavy atom. The first-order valence-electron chi connectivity index (χ1n) is 7.35. The first-order chi connectivity index (χ1) is 9.19. The van der Waals surface area contributed by atoms with Crippen LogP contribution in [0.25, 0.3) is 0 Å². The summed E-state index contributed by atoms with van der Waals surface area (Å²) in [6.07, 6.45) is 7.70. The van der Waals surface area contributed by atoms with Crippen LogP contribution in [0.2, 0.25) is 0 Å². The van der Waals surface area contributed by atoms with Crippen LogP contribution in [0.15, 0.2) is 24.3 Å². The molecular formula is C16H24N2O. The van der Waals surface area contributed by atoms with E-state index in [-0.39, 0.29) is 5.91 Å². The monoisotopic (exact) mass is 260 g/mol. The maximum atomic E-state index is 11.2. The molecule has 1 saturated carbocycles. The summed E-state index contributed by atoms with van der Waals surface area (Å²) in [6.45, 7) is 2.29. The average molecular weight is 260 g/mol. The molecule has 2 rings (SSSR count). The fourth-order valence-electron chi connectivity index (χ4n) is 2.93. The van der Waals surface area contributed by atoms with E-state index in [4.69, 9.17) is 5.73 Å². The zero-order chi connectivity index (χ0) is 13.7. The van der Waals surface area contributed by atoms with E-state index < -0.39 is 0 Å². The van der Waals surface area contributed by atoms with Gasteiger partial charge in [0, 0.05) is 17.3 Å². The van der Waals surface area contributed by atoms with Crippen molar-refractivity contribution in [1.29, 1.82) is 0 Å². The van der Waals surface area contributed by atoms with Crippen molar-refractivity contribution in [3.63, 3.8) is 0 Å². The standard InChI is InChI=1S/C16H24N2O/c1-2-12-5-3-7-14(10-9-12)18-15-8-4-6-13(11-15)16(17)19/h4,6,8,11-12,14,18H,2-3,5,7,9-10H2,1H3,(H2,17,19). The minimum Gasteiger partial charge on any atom is -0.382 e. The van der Waals surface area contributed by atoms with Gasteiger partial charge in [0.2, 0.25) is 5.91 Å². The maximum absolute atomic E-state index is 11.2. The van der Waals surface area contributed by atoms with Crippen molar-refractivity contribution in [3.8, 4) is 0 Å². The van der Waals surface area contributed by atoms with Crippen LogP contribution in [0, 0.1) is 5.92 Å². The lowest BCUT2D eigenvalue weighted by Gasteiger charge is -2.18. The molecule has 2 unspecified atom stereocenters. The molecule has 0 saturated heterocycles. The highest BCUT2D eigenvalue weighted by molar-refractivity contribution is 5.93. The SMILES string of the molecule is CCC1CCCC(Nc2cccc(C(N)=O)c2)CC1. The van der Waals surface area contributed by atoms with Gasteiger partial charge in [0.15, 0.2) is 0 Å². The van der Waals surface area contributed by atoms with E-state index in [0.29, 0.717) is 11.6 Å². The number of hydrogen-bond donors (Lipinski definition) is 2. The van der Waals surface area contributed by atoms with E-state index in [1.165, 1.54) is 38.5 Å². The van der Waals surface area contributed by atoms with Crippen molar-refractivity contribution in [3.05, 3.63) is 29.8 Å². The third kappa shape index (κ3) is 3.98. The van der Waals surface area contributed by atoms with E-state index >= 15 is 0 Å². The third-order valence-electron chi connectivity index (χ3n) is 4.18. The highest BCUT2D eigenvalue weighted by Gasteiger charge is 2.17. The summed E-state index contributed by atoms with van der Waals surface area (Å²) in [5, 5.41) is 3.55. The van der Waals surface area contributed by atoms with Gasteiger partial charge < -0.3 is 11.1 Å². The smallest absolute Gasteiger partial charge is 0.248 e. The van der Waals surface area contributed by atoms with Gasteiger partial charge in [-0.15, -0.1) is 0 Å². The molecule has 1 aliphatic rings. The molecule has 0 spiro atoms. The maximum Gasteiger partial charge on any atom is 0.248 e. The van der Waals surface area contributed by atoms with Crippen LogP contribution in [-0.4, -0.2) is 11.9 Å². The van der Waals surface area contributed by atoms with Gasteiger partial charge in [0.25, 0.3) is 0 Å². The predicted octanol–water partition coefficient (Wildman–Crippen LogP) is 3.56. The number of hydrogen-bond acceptors (Lipinski definition) is 2.